The maximum absolute atomic E-state index is 13.8. The first kappa shape index (κ1) is 26.9. The van der Waals surface area contributed by atoms with Crippen molar-refractivity contribution in [1.82, 2.24) is 9.13 Å². The monoisotopic (exact) mass is 560 g/mol. The lowest BCUT2D eigenvalue weighted by Gasteiger charge is -2.24. The third-order valence-electron chi connectivity index (χ3n) is 6.78. The molecule has 1 aliphatic rings. The molecule has 0 saturated carbocycles. The van der Waals surface area contributed by atoms with Crippen molar-refractivity contribution in [3.63, 3.8) is 0 Å². The number of benzene rings is 2. The standard InChI is InChI=1S/C29H25FN4O5S/c1-5-39-28(36)25-17(3)31-29-33(26(25)19-6-8-21(30)9-7-19)27(35)24(40-29)15-20-14-16(2)32(18(20)4)22-10-12-23(13-11-22)34(37)38/h6-15,26H,5H2,1-4H3/t26-/m1/s1. The zero-order valence-corrected chi connectivity index (χ0v) is 23.0. The van der Waals surface area contributed by atoms with Gasteiger partial charge in [-0.2, -0.15) is 0 Å². The lowest BCUT2D eigenvalue weighted by molar-refractivity contribution is -0.384. The van der Waals surface area contributed by atoms with Crippen molar-refractivity contribution in [2.45, 2.75) is 33.7 Å². The molecule has 0 N–H and O–H groups in total. The molecule has 0 aliphatic carbocycles. The molecule has 0 amide bonds. The molecule has 2 aromatic heterocycles. The number of halogens is 1. The number of nitro benzene ring substituents is 1. The van der Waals surface area contributed by atoms with Gasteiger partial charge in [-0.25, -0.2) is 14.2 Å². The first-order chi connectivity index (χ1) is 19.1. The SMILES string of the molecule is CCOC(=O)C1=C(C)N=c2sc(=Cc3cc(C)n(-c4ccc([N+](=O)[O-])cc4)c3C)c(=O)n2[C@@H]1c1ccc(F)cc1. The van der Waals surface area contributed by atoms with Crippen molar-refractivity contribution >= 4 is 29.1 Å². The second kappa shape index (κ2) is 10.5. The number of rotatable bonds is 6. The van der Waals surface area contributed by atoms with Crippen LogP contribution in [-0.4, -0.2) is 26.6 Å². The van der Waals surface area contributed by atoms with Crippen molar-refractivity contribution in [2.24, 2.45) is 4.99 Å². The summed E-state index contributed by atoms with van der Waals surface area (Å²) in [4.78, 5) is 42.4. The van der Waals surface area contributed by atoms with Crippen molar-refractivity contribution in [3.05, 3.63) is 124 Å². The number of nitrogens with zero attached hydrogens (tertiary/aromatic N) is 4. The number of hydrogen-bond acceptors (Lipinski definition) is 7. The summed E-state index contributed by atoms with van der Waals surface area (Å²) in [5, 5.41) is 11.1. The molecule has 0 radical (unpaired) electrons. The van der Waals surface area contributed by atoms with Gasteiger partial charge >= 0.3 is 5.97 Å². The van der Waals surface area contributed by atoms with Gasteiger partial charge < -0.3 is 9.30 Å². The Morgan fingerprint density at radius 1 is 1.15 bits per heavy atom. The molecule has 204 valence electrons. The van der Waals surface area contributed by atoms with Crippen LogP contribution in [0.5, 0.6) is 0 Å². The quantitative estimate of drug-likeness (QED) is 0.199. The van der Waals surface area contributed by atoms with Crippen LogP contribution in [0, 0.1) is 29.8 Å². The Morgan fingerprint density at radius 3 is 2.45 bits per heavy atom. The number of carbonyl (C=O) groups excluding carboxylic acids is 1. The molecule has 9 nitrogen and oxygen atoms in total. The van der Waals surface area contributed by atoms with Crippen LogP contribution in [0.15, 0.2) is 75.7 Å². The van der Waals surface area contributed by atoms with Gasteiger partial charge in [0.25, 0.3) is 11.2 Å². The molecule has 0 fully saturated rings. The molecule has 5 rings (SSSR count). The summed E-state index contributed by atoms with van der Waals surface area (Å²) < 4.78 is 22.9. The molecule has 0 spiro atoms. The maximum Gasteiger partial charge on any atom is 0.338 e. The first-order valence-electron chi connectivity index (χ1n) is 12.5. The van der Waals surface area contributed by atoms with Gasteiger partial charge in [0, 0.05) is 29.2 Å². The zero-order valence-electron chi connectivity index (χ0n) is 22.2. The van der Waals surface area contributed by atoms with Gasteiger partial charge in [-0.15, -0.1) is 0 Å². The fourth-order valence-electron chi connectivity index (χ4n) is 4.95. The number of hydrogen-bond donors (Lipinski definition) is 0. The number of thiazole rings is 1. The molecule has 0 unspecified atom stereocenters. The number of nitro groups is 1. The third-order valence-corrected chi connectivity index (χ3v) is 7.76. The average molecular weight is 561 g/mol. The van der Waals surface area contributed by atoms with Crippen molar-refractivity contribution in [2.75, 3.05) is 6.61 Å². The number of non-ortho nitro benzene ring substituents is 1. The molecule has 40 heavy (non-hydrogen) atoms. The molecule has 2 aromatic carbocycles. The van der Waals surface area contributed by atoms with Crippen LogP contribution >= 0.6 is 11.3 Å². The number of aromatic nitrogens is 2. The van der Waals surface area contributed by atoms with E-state index < -0.39 is 22.8 Å². The number of aryl methyl sites for hydroxylation is 1. The predicted molar refractivity (Wildman–Crippen MR) is 149 cm³/mol. The molecule has 11 heteroatoms. The Hall–Kier alpha value is -4.64. The highest BCUT2D eigenvalue weighted by Gasteiger charge is 2.33. The van der Waals surface area contributed by atoms with Crippen LogP contribution in [-0.2, 0) is 9.53 Å². The van der Waals surface area contributed by atoms with E-state index in [1.54, 1.807) is 44.2 Å². The number of ether oxygens (including phenoxy) is 1. The summed E-state index contributed by atoms with van der Waals surface area (Å²) in [5.74, 6) is -1.02. The van der Waals surface area contributed by atoms with Gasteiger partial charge in [0.1, 0.15) is 5.82 Å². The number of allylic oxidation sites excluding steroid dienone is 1. The highest BCUT2D eigenvalue weighted by molar-refractivity contribution is 7.07. The van der Waals surface area contributed by atoms with Crippen LogP contribution in [0.1, 0.15) is 42.4 Å². The second-order valence-electron chi connectivity index (χ2n) is 9.29. The summed E-state index contributed by atoms with van der Waals surface area (Å²) in [7, 11) is 0. The minimum atomic E-state index is -0.828. The Kier molecular flexibility index (Phi) is 7.07. The Balaban J connectivity index is 1.66. The Labute approximate surface area is 232 Å². The fraction of sp³-hybridized carbons (Fsp3) is 0.207. The minimum Gasteiger partial charge on any atom is -0.463 e. The maximum atomic E-state index is 13.8. The Morgan fingerprint density at radius 2 is 1.82 bits per heavy atom. The molecule has 1 atom stereocenters. The van der Waals surface area contributed by atoms with E-state index in [1.807, 2.05) is 24.5 Å². The Bertz CT molecular complexity index is 1870. The third kappa shape index (κ3) is 4.68. The topological polar surface area (TPSA) is 109 Å². The average Bonchev–Trinajstić information content (AvgIpc) is 3.37. The number of fused-ring (bicyclic) bond motifs is 1. The van der Waals surface area contributed by atoms with Gasteiger partial charge in [-0.05, 0) is 75.2 Å². The van der Waals surface area contributed by atoms with E-state index in [-0.39, 0.29) is 23.4 Å². The summed E-state index contributed by atoms with van der Waals surface area (Å²) in [6.45, 7) is 7.36. The molecular formula is C29H25FN4O5S. The van der Waals surface area contributed by atoms with Crippen molar-refractivity contribution < 1.29 is 18.8 Å². The minimum absolute atomic E-state index is 0.000681. The lowest BCUT2D eigenvalue weighted by atomic mass is 9.96. The van der Waals surface area contributed by atoms with E-state index in [0.717, 1.165) is 22.6 Å². The molecule has 1 aliphatic heterocycles. The van der Waals surface area contributed by atoms with Crippen LogP contribution in [0.3, 0.4) is 0 Å². The molecule has 0 saturated heterocycles. The predicted octanol–water partition coefficient (Wildman–Crippen LogP) is 4.25. The largest absolute Gasteiger partial charge is 0.463 e. The molecule has 3 heterocycles. The van der Waals surface area contributed by atoms with Crippen molar-refractivity contribution in [1.29, 1.82) is 0 Å². The van der Waals surface area contributed by atoms with Crippen LogP contribution in [0.4, 0.5) is 10.1 Å². The van der Waals surface area contributed by atoms with Crippen LogP contribution in [0.25, 0.3) is 11.8 Å². The summed E-state index contributed by atoms with van der Waals surface area (Å²) in [6.07, 6.45) is 1.78. The van der Waals surface area contributed by atoms with E-state index in [9.17, 15) is 24.1 Å². The highest BCUT2D eigenvalue weighted by atomic mass is 32.1. The number of esters is 1. The summed E-state index contributed by atoms with van der Waals surface area (Å²) >= 11 is 1.20. The van der Waals surface area contributed by atoms with Crippen LogP contribution in [0.2, 0.25) is 0 Å². The van der Waals surface area contributed by atoms with E-state index >= 15 is 0 Å². The van der Waals surface area contributed by atoms with Gasteiger partial charge in [0.2, 0.25) is 0 Å². The van der Waals surface area contributed by atoms with E-state index in [0.29, 0.717) is 20.6 Å². The normalized spacial score (nSPS) is 15.1. The second-order valence-corrected chi connectivity index (χ2v) is 10.3. The van der Waals surface area contributed by atoms with Crippen LogP contribution < -0.4 is 14.9 Å². The van der Waals surface area contributed by atoms with Gasteiger partial charge in [0.15, 0.2) is 4.80 Å². The van der Waals surface area contributed by atoms with Gasteiger partial charge in [0.05, 0.1) is 33.4 Å². The zero-order chi connectivity index (χ0) is 28.7. The highest BCUT2D eigenvalue weighted by Crippen LogP contribution is 2.31. The summed E-state index contributed by atoms with van der Waals surface area (Å²) in [6, 6.07) is 13.0. The smallest absolute Gasteiger partial charge is 0.338 e. The van der Waals surface area contributed by atoms with E-state index in [4.69, 9.17) is 4.74 Å². The van der Waals surface area contributed by atoms with Gasteiger partial charge in [-0.3, -0.25) is 19.5 Å². The molecule has 0 bridgehead atoms. The van der Waals surface area contributed by atoms with E-state index in [2.05, 4.69) is 4.99 Å². The number of carbonyl (C=O) groups is 1. The fourth-order valence-corrected chi connectivity index (χ4v) is 5.99. The van der Waals surface area contributed by atoms with Crippen molar-refractivity contribution in [3.8, 4) is 5.69 Å². The lowest BCUT2D eigenvalue weighted by Crippen LogP contribution is -2.39. The molecular weight excluding hydrogens is 535 g/mol. The first-order valence-corrected chi connectivity index (χ1v) is 13.3. The van der Waals surface area contributed by atoms with E-state index in [1.165, 1.54) is 40.2 Å². The van der Waals surface area contributed by atoms with Gasteiger partial charge in [-0.1, -0.05) is 23.5 Å². The summed E-state index contributed by atoms with van der Waals surface area (Å²) in [5.41, 5.74) is 4.15. The molecule has 4 aromatic rings.